The van der Waals surface area contributed by atoms with Gasteiger partial charge in [0.05, 0.1) is 31.3 Å². The molecule has 1 aromatic rings. The minimum Gasteiger partial charge on any atom is -0.346 e. The molecule has 0 saturated carbocycles. The zero-order valence-electron chi connectivity index (χ0n) is 12.4. The summed E-state index contributed by atoms with van der Waals surface area (Å²) in [4.78, 5) is 2.28. The largest absolute Gasteiger partial charge is 0.346 e. The van der Waals surface area contributed by atoms with Gasteiger partial charge in [-0.15, -0.1) is 11.3 Å². The molecule has 2 aliphatic rings. The van der Waals surface area contributed by atoms with Crippen LogP contribution in [0.1, 0.15) is 54.1 Å². The van der Waals surface area contributed by atoms with Crippen molar-refractivity contribution >= 4 is 17.4 Å². The highest BCUT2D eigenvalue weighted by atomic mass is 32.1. The molecular weight excluding hydrogens is 288 g/mol. The second-order valence-electron chi connectivity index (χ2n) is 5.16. The van der Waals surface area contributed by atoms with Gasteiger partial charge in [0, 0.05) is 10.4 Å². The summed E-state index contributed by atoms with van der Waals surface area (Å²) in [6, 6.07) is 2.14. The van der Waals surface area contributed by atoms with E-state index in [0.717, 1.165) is 16.9 Å². The highest BCUT2D eigenvalue weighted by Gasteiger charge is 2.30. The van der Waals surface area contributed by atoms with Crippen LogP contribution in [0.2, 0.25) is 0 Å². The van der Waals surface area contributed by atoms with Gasteiger partial charge in [-0.25, -0.2) is 0 Å². The summed E-state index contributed by atoms with van der Waals surface area (Å²) in [6.45, 7) is 4.80. The lowest BCUT2D eigenvalue weighted by molar-refractivity contribution is -0.0613. The zero-order chi connectivity index (χ0) is 14.5. The Morgan fingerprint density at radius 3 is 2.43 bits per heavy atom. The smallest absolute Gasteiger partial charge is 0.193 e. The first kappa shape index (κ1) is 15.2. The number of allylic oxidation sites excluding steroid dienone is 1. The molecule has 21 heavy (non-hydrogen) atoms. The summed E-state index contributed by atoms with van der Waals surface area (Å²) in [7, 11) is 0. The number of ether oxygens (including phenoxy) is 4. The lowest BCUT2D eigenvalue weighted by Crippen LogP contribution is -2.04. The lowest BCUT2D eigenvalue weighted by atomic mass is 10.2. The molecule has 2 saturated heterocycles. The predicted molar refractivity (Wildman–Crippen MR) is 82.2 cm³/mol. The summed E-state index contributed by atoms with van der Waals surface area (Å²) >= 11 is 1.70. The Balaban J connectivity index is 1.78. The van der Waals surface area contributed by atoms with E-state index in [0.29, 0.717) is 26.4 Å². The number of rotatable bonds is 6. The Hall–Kier alpha value is -0.720. The van der Waals surface area contributed by atoms with E-state index in [9.17, 15) is 0 Å². The van der Waals surface area contributed by atoms with Crippen LogP contribution in [-0.2, 0) is 18.9 Å². The molecule has 0 bridgehead atoms. The highest BCUT2D eigenvalue weighted by molar-refractivity contribution is 7.13. The molecule has 2 fully saturated rings. The highest BCUT2D eigenvalue weighted by Crippen LogP contribution is 2.39. The molecular formula is C16H22O4S. The van der Waals surface area contributed by atoms with Crippen molar-refractivity contribution in [2.45, 2.75) is 38.8 Å². The second kappa shape index (κ2) is 7.51. The van der Waals surface area contributed by atoms with Crippen LogP contribution in [0.3, 0.4) is 0 Å². The summed E-state index contributed by atoms with van der Waals surface area (Å²) in [6.07, 6.45) is 7.43. The third kappa shape index (κ3) is 3.73. The minimum absolute atomic E-state index is 0.268. The molecule has 0 spiro atoms. The van der Waals surface area contributed by atoms with Crippen LogP contribution in [-0.4, -0.2) is 26.4 Å². The summed E-state index contributed by atoms with van der Waals surface area (Å²) < 4.78 is 22.6. The van der Waals surface area contributed by atoms with Gasteiger partial charge in [-0.3, -0.25) is 0 Å². The molecule has 0 atom stereocenters. The van der Waals surface area contributed by atoms with Crippen LogP contribution < -0.4 is 0 Å². The average Bonchev–Trinajstić information content (AvgIpc) is 3.23. The number of unbranched alkanes of at least 4 members (excludes halogenated alkanes) is 2. The van der Waals surface area contributed by atoms with Crippen molar-refractivity contribution in [3.8, 4) is 0 Å². The topological polar surface area (TPSA) is 36.9 Å². The number of thiophene rings is 1. The molecule has 116 valence electrons. The van der Waals surface area contributed by atoms with E-state index >= 15 is 0 Å². The van der Waals surface area contributed by atoms with Crippen molar-refractivity contribution in [2.75, 3.05) is 26.4 Å². The molecule has 3 heterocycles. The first-order valence-electron chi connectivity index (χ1n) is 7.65. The van der Waals surface area contributed by atoms with Crippen LogP contribution >= 0.6 is 11.3 Å². The normalized spacial score (nSPS) is 21.0. The number of hydrogen-bond donors (Lipinski definition) is 0. The maximum atomic E-state index is 5.65. The molecule has 4 nitrogen and oxygen atoms in total. The standard InChI is InChI=1S/C16H22O4S/c1-2-3-4-5-6-12-11-13(15-17-7-8-18-15)14(21-12)16-19-9-10-20-16/h5-6,11,15-16H,2-4,7-10H2,1H3/b6-5+. The Labute approximate surface area is 129 Å². The van der Waals surface area contributed by atoms with E-state index in [1.165, 1.54) is 17.7 Å². The van der Waals surface area contributed by atoms with Gasteiger partial charge in [-0.2, -0.15) is 0 Å². The molecule has 0 unspecified atom stereocenters. The van der Waals surface area contributed by atoms with E-state index in [1.54, 1.807) is 11.3 Å². The van der Waals surface area contributed by atoms with E-state index in [2.05, 4.69) is 25.1 Å². The van der Waals surface area contributed by atoms with Crippen LogP contribution in [0.5, 0.6) is 0 Å². The second-order valence-corrected chi connectivity index (χ2v) is 6.28. The van der Waals surface area contributed by atoms with E-state index in [4.69, 9.17) is 18.9 Å². The molecule has 5 heteroatoms. The molecule has 0 aromatic carbocycles. The molecule has 0 aliphatic carbocycles. The summed E-state index contributed by atoms with van der Waals surface area (Å²) in [5.41, 5.74) is 1.06. The maximum Gasteiger partial charge on any atom is 0.193 e. The van der Waals surface area contributed by atoms with Gasteiger partial charge in [0.1, 0.15) is 0 Å². The Morgan fingerprint density at radius 2 is 1.76 bits per heavy atom. The van der Waals surface area contributed by atoms with Gasteiger partial charge in [0.25, 0.3) is 0 Å². The monoisotopic (exact) mass is 310 g/mol. The van der Waals surface area contributed by atoms with E-state index in [-0.39, 0.29) is 12.6 Å². The van der Waals surface area contributed by atoms with Crippen molar-refractivity contribution in [3.63, 3.8) is 0 Å². The average molecular weight is 310 g/mol. The Bertz CT molecular complexity index is 437. The first-order chi connectivity index (χ1) is 10.4. The van der Waals surface area contributed by atoms with Gasteiger partial charge >= 0.3 is 0 Å². The molecule has 0 N–H and O–H groups in total. The van der Waals surface area contributed by atoms with Crippen LogP contribution in [0.4, 0.5) is 0 Å². The van der Waals surface area contributed by atoms with Crippen molar-refractivity contribution in [1.82, 2.24) is 0 Å². The maximum absolute atomic E-state index is 5.65. The zero-order valence-corrected chi connectivity index (χ0v) is 13.2. The van der Waals surface area contributed by atoms with Gasteiger partial charge in [0.2, 0.25) is 0 Å². The molecule has 0 amide bonds. The van der Waals surface area contributed by atoms with Gasteiger partial charge in [-0.05, 0) is 18.6 Å². The van der Waals surface area contributed by atoms with Crippen molar-refractivity contribution in [3.05, 3.63) is 27.5 Å². The Kier molecular flexibility index (Phi) is 5.43. The van der Waals surface area contributed by atoms with E-state index in [1.807, 2.05) is 0 Å². The van der Waals surface area contributed by atoms with Crippen molar-refractivity contribution in [1.29, 1.82) is 0 Å². The quantitative estimate of drug-likeness (QED) is 0.743. The third-order valence-electron chi connectivity index (χ3n) is 3.53. The number of hydrogen-bond acceptors (Lipinski definition) is 5. The minimum atomic E-state index is -0.276. The van der Waals surface area contributed by atoms with Crippen molar-refractivity contribution < 1.29 is 18.9 Å². The molecule has 1 aromatic heterocycles. The van der Waals surface area contributed by atoms with E-state index < -0.39 is 0 Å². The molecule has 0 radical (unpaired) electrons. The fourth-order valence-electron chi connectivity index (χ4n) is 2.46. The molecule has 2 aliphatic heterocycles. The third-order valence-corrected chi connectivity index (χ3v) is 4.67. The summed E-state index contributed by atoms with van der Waals surface area (Å²) in [5, 5.41) is 0. The fourth-order valence-corrected chi connectivity index (χ4v) is 3.57. The first-order valence-corrected chi connectivity index (χ1v) is 8.46. The van der Waals surface area contributed by atoms with Crippen LogP contribution in [0.15, 0.2) is 12.1 Å². The SMILES string of the molecule is CCCC/C=C/c1cc(C2OCCO2)c(C2OCCO2)s1. The Morgan fingerprint density at radius 1 is 1.10 bits per heavy atom. The van der Waals surface area contributed by atoms with Crippen LogP contribution in [0.25, 0.3) is 6.08 Å². The molecule has 3 rings (SSSR count). The van der Waals surface area contributed by atoms with Gasteiger partial charge in [-0.1, -0.05) is 25.8 Å². The van der Waals surface area contributed by atoms with Gasteiger partial charge < -0.3 is 18.9 Å². The predicted octanol–water partition coefficient (Wildman–Crippen LogP) is 4.04. The van der Waals surface area contributed by atoms with Gasteiger partial charge in [0.15, 0.2) is 12.6 Å². The fraction of sp³-hybridized carbons (Fsp3) is 0.625. The summed E-state index contributed by atoms with van der Waals surface area (Å²) in [5.74, 6) is 0. The van der Waals surface area contributed by atoms with Crippen LogP contribution in [0, 0.1) is 0 Å². The van der Waals surface area contributed by atoms with Crippen molar-refractivity contribution in [2.24, 2.45) is 0 Å². The lowest BCUT2D eigenvalue weighted by Gasteiger charge is -2.13.